The average molecular weight is 460 g/mol. The first-order valence-electron chi connectivity index (χ1n) is 11.4. The van der Waals surface area contributed by atoms with Crippen LogP contribution < -0.4 is 19.7 Å². The third kappa shape index (κ3) is 4.38. The molecule has 1 saturated heterocycles. The van der Waals surface area contributed by atoms with E-state index < -0.39 is 5.79 Å². The van der Waals surface area contributed by atoms with Crippen LogP contribution in [0.5, 0.6) is 11.5 Å². The lowest BCUT2D eigenvalue weighted by Gasteiger charge is -2.31. The summed E-state index contributed by atoms with van der Waals surface area (Å²) in [7, 11) is 0. The number of carbonyl (C=O) groups is 1. The van der Waals surface area contributed by atoms with Gasteiger partial charge in [0.05, 0.1) is 19.0 Å². The first kappa shape index (κ1) is 21.4. The minimum atomic E-state index is -0.512. The third-order valence-electron chi connectivity index (χ3n) is 6.07. The van der Waals surface area contributed by atoms with E-state index in [0.717, 1.165) is 62.2 Å². The first-order chi connectivity index (χ1) is 15.7. The topological polar surface area (TPSA) is 90.7 Å². The lowest BCUT2D eigenvalue weighted by atomic mass is 9.94. The Morgan fingerprint density at radius 2 is 1.91 bits per heavy atom. The minimum absolute atomic E-state index is 0.0974. The molecular weight excluding hydrogens is 430 g/mol. The van der Waals surface area contributed by atoms with Gasteiger partial charge in [-0.3, -0.25) is 9.36 Å². The lowest BCUT2D eigenvalue weighted by Crippen LogP contribution is -2.40. The second-order valence-electron chi connectivity index (χ2n) is 8.30. The SMILES string of the molecule is CCn1c(SCC(=O)Nc2ccc3c(c2)OC2(CCCCC2)O3)nnc1N1CCOCC1. The van der Waals surface area contributed by atoms with Crippen molar-refractivity contribution in [3.63, 3.8) is 0 Å². The summed E-state index contributed by atoms with van der Waals surface area (Å²) in [5, 5.41) is 12.4. The van der Waals surface area contributed by atoms with Crippen LogP contribution in [0, 0.1) is 0 Å². The fraction of sp³-hybridized carbons (Fsp3) is 0.591. The number of nitrogens with one attached hydrogen (secondary N) is 1. The van der Waals surface area contributed by atoms with Crippen LogP contribution in [0.3, 0.4) is 0 Å². The molecule has 2 aliphatic heterocycles. The molecule has 5 rings (SSSR count). The Morgan fingerprint density at radius 3 is 2.69 bits per heavy atom. The molecule has 2 fully saturated rings. The highest BCUT2D eigenvalue weighted by Gasteiger charge is 2.42. The molecule has 9 nitrogen and oxygen atoms in total. The summed E-state index contributed by atoms with van der Waals surface area (Å²) in [5.74, 6) is 1.94. The number of fused-ring (bicyclic) bond motifs is 1. The van der Waals surface area contributed by atoms with E-state index in [4.69, 9.17) is 14.2 Å². The Bertz CT molecular complexity index is 969. The molecule has 1 aromatic heterocycles. The fourth-order valence-corrected chi connectivity index (χ4v) is 5.25. The van der Waals surface area contributed by atoms with Crippen molar-refractivity contribution in [1.29, 1.82) is 0 Å². The second kappa shape index (κ2) is 9.19. The molecule has 0 bridgehead atoms. The summed E-state index contributed by atoms with van der Waals surface area (Å²) in [6.45, 7) is 5.79. The van der Waals surface area contributed by atoms with E-state index in [-0.39, 0.29) is 11.7 Å². The van der Waals surface area contributed by atoms with Crippen LogP contribution in [0.1, 0.15) is 39.0 Å². The number of benzene rings is 1. The Labute approximate surface area is 191 Å². The van der Waals surface area contributed by atoms with E-state index in [2.05, 4.69) is 27.3 Å². The molecule has 1 saturated carbocycles. The number of anilines is 2. The highest BCUT2D eigenvalue weighted by atomic mass is 32.2. The molecule has 3 heterocycles. The van der Waals surface area contributed by atoms with Gasteiger partial charge in [-0.05, 0) is 31.9 Å². The van der Waals surface area contributed by atoms with E-state index in [0.29, 0.717) is 24.7 Å². The van der Waals surface area contributed by atoms with Crippen LogP contribution >= 0.6 is 11.8 Å². The van der Waals surface area contributed by atoms with Gasteiger partial charge in [-0.1, -0.05) is 18.2 Å². The van der Waals surface area contributed by atoms with Crippen molar-refractivity contribution in [3.8, 4) is 11.5 Å². The molecule has 1 amide bonds. The van der Waals surface area contributed by atoms with Gasteiger partial charge < -0.3 is 24.4 Å². The van der Waals surface area contributed by atoms with Gasteiger partial charge in [0.25, 0.3) is 5.79 Å². The van der Waals surface area contributed by atoms with Crippen molar-refractivity contribution in [3.05, 3.63) is 18.2 Å². The van der Waals surface area contributed by atoms with Crippen LogP contribution in [-0.2, 0) is 16.1 Å². The predicted octanol–water partition coefficient (Wildman–Crippen LogP) is 3.30. The predicted molar refractivity (Wildman–Crippen MR) is 122 cm³/mol. The first-order valence-corrected chi connectivity index (χ1v) is 12.3. The average Bonchev–Trinajstić information content (AvgIpc) is 3.39. The molecule has 0 radical (unpaired) electrons. The van der Waals surface area contributed by atoms with Gasteiger partial charge in [0.2, 0.25) is 11.9 Å². The Balaban J connectivity index is 1.19. The smallest absolute Gasteiger partial charge is 0.251 e. The van der Waals surface area contributed by atoms with Gasteiger partial charge in [-0.15, -0.1) is 10.2 Å². The summed E-state index contributed by atoms with van der Waals surface area (Å²) < 4.78 is 19.7. The molecule has 0 unspecified atom stereocenters. The van der Waals surface area contributed by atoms with Gasteiger partial charge in [-0.2, -0.15) is 0 Å². The molecule has 172 valence electrons. The third-order valence-corrected chi connectivity index (χ3v) is 7.04. The maximum atomic E-state index is 12.6. The molecule has 3 aliphatic rings. The molecule has 1 aliphatic carbocycles. The fourth-order valence-electron chi connectivity index (χ4n) is 4.46. The van der Waals surface area contributed by atoms with E-state index in [1.165, 1.54) is 18.2 Å². The molecule has 2 aromatic rings. The number of hydrogen-bond donors (Lipinski definition) is 1. The Hall–Kier alpha value is -2.46. The van der Waals surface area contributed by atoms with Crippen LogP contribution in [0.4, 0.5) is 11.6 Å². The molecule has 32 heavy (non-hydrogen) atoms. The maximum Gasteiger partial charge on any atom is 0.251 e. The minimum Gasteiger partial charge on any atom is -0.448 e. The monoisotopic (exact) mass is 459 g/mol. The van der Waals surface area contributed by atoms with Crippen molar-refractivity contribution in [2.45, 2.75) is 56.5 Å². The summed E-state index contributed by atoms with van der Waals surface area (Å²) >= 11 is 1.39. The number of thioether (sulfide) groups is 1. The summed E-state index contributed by atoms with van der Waals surface area (Å²) in [6, 6.07) is 5.59. The second-order valence-corrected chi connectivity index (χ2v) is 9.24. The van der Waals surface area contributed by atoms with E-state index >= 15 is 0 Å². The van der Waals surface area contributed by atoms with Gasteiger partial charge in [0.1, 0.15) is 0 Å². The number of rotatable bonds is 6. The molecule has 0 atom stereocenters. The van der Waals surface area contributed by atoms with Crippen molar-refractivity contribution < 1.29 is 19.0 Å². The van der Waals surface area contributed by atoms with Gasteiger partial charge in [0.15, 0.2) is 16.7 Å². The Kier molecular flexibility index (Phi) is 6.14. The largest absolute Gasteiger partial charge is 0.448 e. The van der Waals surface area contributed by atoms with Crippen molar-refractivity contribution in [1.82, 2.24) is 14.8 Å². The van der Waals surface area contributed by atoms with Crippen molar-refractivity contribution >= 4 is 29.3 Å². The van der Waals surface area contributed by atoms with Crippen LogP contribution in [0.15, 0.2) is 23.4 Å². The van der Waals surface area contributed by atoms with Crippen LogP contribution in [0.25, 0.3) is 0 Å². The zero-order valence-corrected chi connectivity index (χ0v) is 19.2. The lowest BCUT2D eigenvalue weighted by molar-refractivity contribution is -0.113. The standard InChI is InChI=1S/C22H29N5O4S/c1-2-27-20(26-10-12-29-13-11-26)24-25-21(27)32-15-19(28)23-16-6-7-17-18(14-16)31-22(30-17)8-4-3-5-9-22/h6-7,14H,2-5,8-13,15H2,1H3,(H,23,28). The highest BCUT2D eigenvalue weighted by Crippen LogP contribution is 2.46. The quantitative estimate of drug-likeness (QED) is 0.658. The zero-order valence-electron chi connectivity index (χ0n) is 18.3. The number of amides is 1. The van der Waals surface area contributed by atoms with Crippen molar-refractivity contribution in [2.24, 2.45) is 0 Å². The molecule has 1 N–H and O–H groups in total. The normalized spacial score (nSPS) is 19.3. The Morgan fingerprint density at radius 1 is 1.12 bits per heavy atom. The molecule has 1 spiro atoms. The summed E-state index contributed by atoms with van der Waals surface area (Å²) in [4.78, 5) is 14.8. The molecule has 1 aromatic carbocycles. The van der Waals surface area contributed by atoms with E-state index in [1.54, 1.807) is 0 Å². The number of morpholine rings is 1. The van der Waals surface area contributed by atoms with Crippen molar-refractivity contribution in [2.75, 3.05) is 42.3 Å². The number of carbonyl (C=O) groups excluding carboxylic acids is 1. The van der Waals surface area contributed by atoms with Gasteiger partial charge >= 0.3 is 0 Å². The van der Waals surface area contributed by atoms with Gasteiger partial charge in [-0.25, -0.2) is 0 Å². The van der Waals surface area contributed by atoms with Gasteiger partial charge in [0, 0.05) is 44.2 Å². The van der Waals surface area contributed by atoms with E-state index in [1.807, 2.05) is 22.8 Å². The number of nitrogens with zero attached hydrogens (tertiary/aromatic N) is 4. The number of ether oxygens (including phenoxy) is 3. The number of hydrogen-bond acceptors (Lipinski definition) is 8. The summed E-state index contributed by atoms with van der Waals surface area (Å²) in [5.41, 5.74) is 0.705. The van der Waals surface area contributed by atoms with Crippen LogP contribution in [0.2, 0.25) is 0 Å². The number of aromatic nitrogens is 3. The van der Waals surface area contributed by atoms with Crippen LogP contribution in [-0.4, -0.2) is 58.5 Å². The highest BCUT2D eigenvalue weighted by molar-refractivity contribution is 7.99. The maximum absolute atomic E-state index is 12.6. The van der Waals surface area contributed by atoms with E-state index in [9.17, 15) is 4.79 Å². The zero-order chi connectivity index (χ0) is 22.0. The summed E-state index contributed by atoms with van der Waals surface area (Å²) in [6.07, 6.45) is 5.27. The molecular formula is C22H29N5O4S. The molecule has 10 heteroatoms.